The largest absolute Gasteiger partial charge is 0.409 e. The summed E-state index contributed by atoms with van der Waals surface area (Å²) < 4.78 is 0. The molecule has 0 aromatic carbocycles. The average molecular weight is 199 g/mol. The molecule has 1 unspecified atom stereocenters. The van der Waals surface area contributed by atoms with Crippen LogP contribution >= 0.6 is 0 Å². The van der Waals surface area contributed by atoms with Gasteiger partial charge in [-0.15, -0.1) is 0 Å². The Labute approximate surface area is 85.6 Å². The molecule has 14 heavy (non-hydrogen) atoms. The second kappa shape index (κ2) is 5.86. The highest BCUT2D eigenvalue weighted by molar-refractivity contribution is 5.79. The van der Waals surface area contributed by atoms with Crippen LogP contribution in [0.1, 0.15) is 39.0 Å². The van der Waals surface area contributed by atoms with Crippen LogP contribution in [0.5, 0.6) is 0 Å². The number of hydrogen-bond acceptors (Lipinski definition) is 3. The van der Waals surface area contributed by atoms with Crippen molar-refractivity contribution in [3.63, 3.8) is 0 Å². The van der Waals surface area contributed by atoms with Crippen molar-refractivity contribution in [2.24, 2.45) is 16.8 Å². The first kappa shape index (κ1) is 11.3. The Kier molecular flexibility index (Phi) is 4.73. The highest BCUT2D eigenvalue weighted by Gasteiger charge is 2.22. The lowest BCUT2D eigenvalue weighted by Crippen LogP contribution is -2.28. The second-order valence-corrected chi connectivity index (χ2v) is 4.23. The molecular formula is C10H21N3O. The van der Waals surface area contributed by atoms with E-state index >= 15 is 0 Å². The number of nitrogens with one attached hydrogen (secondary N) is 1. The second-order valence-electron chi connectivity index (χ2n) is 4.23. The molecule has 4 N–H and O–H groups in total. The summed E-state index contributed by atoms with van der Waals surface area (Å²) in [6, 6.07) is 0.606. The number of nitrogens with zero attached hydrogens (tertiary/aromatic N) is 1. The Morgan fingerprint density at radius 2 is 2.36 bits per heavy atom. The molecule has 4 nitrogen and oxygen atoms in total. The van der Waals surface area contributed by atoms with Crippen LogP contribution in [0, 0.1) is 5.92 Å². The maximum Gasteiger partial charge on any atom is 0.139 e. The molecule has 0 amide bonds. The van der Waals surface area contributed by atoms with Gasteiger partial charge in [0, 0.05) is 12.5 Å². The van der Waals surface area contributed by atoms with Gasteiger partial charge in [-0.1, -0.05) is 18.0 Å². The molecule has 1 fully saturated rings. The molecule has 0 radical (unpaired) electrons. The van der Waals surface area contributed by atoms with Gasteiger partial charge >= 0.3 is 0 Å². The van der Waals surface area contributed by atoms with Gasteiger partial charge in [0.15, 0.2) is 0 Å². The van der Waals surface area contributed by atoms with Crippen LogP contribution in [0.3, 0.4) is 0 Å². The molecule has 0 aliphatic heterocycles. The standard InChI is InChI=1S/C10H21N3O/c1-8(7-9-4-5-9)12-6-2-3-10(11)13-14/h8-9,12,14H,2-7H2,1H3,(H2,11,13). The molecule has 0 bridgehead atoms. The Morgan fingerprint density at radius 3 is 2.93 bits per heavy atom. The van der Waals surface area contributed by atoms with E-state index in [-0.39, 0.29) is 0 Å². The minimum atomic E-state index is 0.321. The molecule has 82 valence electrons. The SMILES string of the molecule is CC(CC1CC1)NCCCC(N)=NO. The normalized spacial score (nSPS) is 19.6. The van der Waals surface area contributed by atoms with E-state index in [0.29, 0.717) is 18.3 Å². The summed E-state index contributed by atoms with van der Waals surface area (Å²) in [5.41, 5.74) is 5.35. The average Bonchev–Trinajstić information content (AvgIpc) is 2.95. The van der Waals surface area contributed by atoms with E-state index in [1.165, 1.54) is 19.3 Å². The van der Waals surface area contributed by atoms with Gasteiger partial charge < -0.3 is 16.3 Å². The van der Waals surface area contributed by atoms with E-state index in [2.05, 4.69) is 17.4 Å². The summed E-state index contributed by atoms with van der Waals surface area (Å²) in [4.78, 5) is 0. The molecular weight excluding hydrogens is 178 g/mol. The number of nitrogens with two attached hydrogens (primary N) is 1. The van der Waals surface area contributed by atoms with Crippen LogP contribution in [0.2, 0.25) is 0 Å². The van der Waals surface area contributed by atoms with Gasteiger partial charge in [-0.2, -0.15) is 0 Å². The maximum atomic E-state index is 8.31. The van der Waals surface area contributed by atoms with Gasteiger partial charge in [-0.3, -0.25) is 0 Å². The third kappa shape index (κ3) is 5.07. The van der Waals surface area contributed by atoms with Gasteiger partial charge in [0.25, 0.3) is 0 Å². The van der Waals surface area contributed by atoms with Crippen LogP contribution in [0.25, 0.3) is 0 Å². The van der Waals surface area contributed by atoms with Crippen LogP contribution in [0.15, 0.2) is 5.16 Å². The quantitative estimate of drug-likeness (QED) is 0.190. The summed E-state index contributed by atoms with van der Waals surface area (Å²) >= 11 is 0. The van der Waals surface area contributed by atoms with E-state index in [4.69, 9.17) is 10.9 Å². The molecule has 1 saturated carbocycles. The summed E-state index contributed by atoms with van der Waals surface area (Å²) in [5.74, 6) is 1.29. The van der Waals surface area contributed by atoms with E-state index in [0.717, 1.165) is 18.9 Å². The van der Waals surface area contributed by atoms with Crippen molar-refractivity contribution >= 4 is 5.84 Å². The smallest absolute Gasteiger partial charge is 0.139 e. The molecule has 1 atom stereocenters. The van der Waals surface area contributed by atoms with Crippen LogP contribution in [0.4, 0.5) is 0 Å². The third-order valence-corrected chi connectivity index (χ3v) is 2.61. The predicted octanol–water partition coefficient (Wildman–Crippen LogP) is 1.29. The van der Waals surface area contributed by atoms with Crippen molar-refractivity contribution in [1.29, 1.82) is 0 Å². The summed E-state index contributed by atoms with van der Waals surface area (Å²) in [7, 11) is 0. The van der Waals surface area contributed by atoms with Crippen molar-refractivity contribution in [1.82, 2.24) is 5.32 Å². The lowest BCUT2D eigenvalue weighted by Gasteiger charge is -2.12. The number of amidine groups is 1. The Bertz CT molecular complexity index is 190. The summed E-state index contributed by atoms with van der Waals surface area (Å²) in [6.45, 7) is 3.17. The fourth-order valence-electron chi connectivity index (χ4n) is 1.60. The highest BCUT2D eigenvalue weighted by Crippen LogP contribution is 2.33. The highest BCUT2D eigenvalue weighted by atomic mass is 16.4. The summed E-state index contributed by atoms with van der Waals surface area (Å²) in [6.07, 6.45) is 5.72. The molecule has 1 aliphatic carbocycles. The monoisotopic (exact) mass is 199 g/mol. The van der Waals surface area contributed by atoms with E-state index in [9.17, 15) is 0 Å². The molecule has 1 aliphatic rings. The van der Waals surface area contributed by atoms with Gasteiger partial charge in [-0.05, 0) is 32.2 Å². The fourth-order valence-corrected chi connectivity index (χ4v) is 1.60. The Balaban J connectivity index is 1.91. The topological polar surface area (TPSA) is 70.6 Å². The van der Waals surface area contributed by atoms with Gasteiger partial charge in [0.05, 0.1) is 0 Å². The maximum absolute atomic E-state index is 8.31. The van der Waals surface area contributed by atoms with E-state index in [1.54, 1.807) is 0 Å². The molecule has 0 heterocycles. The number of rotatable bonds is 7. The van der Waals surface area contributed by atoms with Crippen molar-refractivity contribution in [2.75, 3.05) is 6.54 Å². The zero-order valence-corrected chi connectivity index (χ0v) is 8.87. The molecule has 0 aromatic rings. The lowest BCUT2D eigenvalue weighted by atomic mass is 10.1. The van der Waals surface area contributed by atoms with Crippen LogP contribution < -0.4 is 11.1 Å². The number of hydrogen-bond donors (Lipinski definition) is 3. The van der Waals surface area contributed by atoms with Crippen molar-refractivity contribution in [3.05, 3.63) is 0 Å². The Morgan fingerprint density at radius 1 is 1.64 bits per heavy atom. The van der Waals surface area contributed by atoms with Crippen LogP contribution in [-0.4, -0.2) is 23.6 Å². The first-order valence-electron chi connectivity index (χ1n) is 5.42. The summed E-state index contributed by atoms with van der Waals surface area (Å²) in [5, 5.41) is 14.7. The van der Waals surface area contributed by atoms with E-state index in [1.807, 2.05) is 0 Å². The molecule has 1 rings (SSSR count). The van der Waals surface area contributed by atoms with Crippen molar-refractivity contribution in [2.45, 2.75) is 45.1 Å². The van der Waals surface area contributed by atoms with Gasteiger partial charge in [-0.25, -0.2) is 0 Å². The first-order chi connectivity index (χ1) is 6.72. The van der Waals surface area contributed by atoms with Crippen molar-refractivity contribution < 1.29 is 5.21 Å². The minimum Gasteiger partial charge on any atom is -0.409 e. The minimum absolute atomic E-state index is 0.321. The van der Waals surface area contributed by atoms with Crippen LogP contribution in [-0.2, 0) is 0 Å². The molecule has 4 heteroatoms. The molecule has 0 spiro atoms. The predicted molar refractivity (Wildman–Crippen MR) is 57.4 cm³/mol. The van der Waals surface area contributed by atoms with Gasteiger partial charge in [0.1, 0.15) is 5.84 Å². The van der Waals surface area contributed by atoms with Crippen molar-refractivity contribution in [3.8, 4) is 0 Å². The lowest BCUT2D eigenvalue weighted by molar-refractivity contribution is 0.316. The Hall–Kier alpha value is -0.770. The first-order valence-corrected chi connectivity index (χ1v) is 5.42. The zero-order chi connectivity index (χ0) is 10.4. The number of oxime groups is 1. The zero-order valence-electron chi connectivity index (χ0n) is 8.87. The molecule has 0 aromatic heterocycles. The van der Waals surface area contributed by atoms with E-state index < -0.39 is 0 Å². The fraction of sp³-hybridized carbons (Fsp3) is 0.900. The third-order valence-electron chi connectivity index (χ3n) is 2.61. The van der Waals surface area contributed by atoms with Gasteiger partial charge in [0.2, 0.25) is 0 Å². The molecule has 0 saturated heterocycles.